The molecule has 0 fully saturated rings. The predicted octanol–water partition coefficient (Wildman–Crippen LogP) is 3.42. The summed E-state index contributed by atoms with van der Waals surface area (Å²) in [6.45, 7) is 3.37. The van der Waals surface area contributed by atoms with Gasteiger partial charge in [-0.1, -0.05) is 37.3 Å². The topological polar surface area (TPSA) is 32.3 Å². The van der Waals surface area contributed by atoms with Crippen molar-refractivity contribution < 1.29 is 9.50 Å². The highest BCUT2D eigenvalue weighted by Gasteiger charge is 2.06. The third-order valence-electron chi connectivity index (χ3n) is 3.18. The second-order valence-corrected chi connectivity index (χ2v) is 4.72. The standard InChI is InChI=1S/C16H18FNO/c1-12(13-5-3-2-4-6-13)10-18-11-14-9-15(17)7-8-16(14)19/h2-9,12,18-19H,10-11H2,1H3. The van der Waals surface area contributed by atoms with Crippen molar-refractivity contribution in [1.29, 1.82) is 0 Å². The third-order valence-corrected chi connectivity index (χ3v) is 3.18. The number of nitrogens with one attached hydrogen (secondary N) is 1. The molecule has 0 bridgehead atoms. The molecule has 0 spiro atoms. The number of halogens is 1. The number of rotatable bonds is 5. The first-order valence-corrected chi connectivity index (χ1v) is 6.40. The van der Waals surface area contributed by atoms with Crippen molar-refractivity contribution in [1.82, 2.24) is 5.32 Å². The lowest BCUT2D eigenvalue weighted by atomic mass is 10.0. The maximum atomic E-state index is 13.1. The second kappa shape index (κ2) is 6.34. The molecule has 2 N–H and O–H groups in total. The average molecular weight is 259 g/mol. The molecule has 2 aromatic rings. The van der Waals surface area contributed by atoms with Gasteiger partial charge in [0.2, 0.25) is 0 Å². The van der Waals surface area contributed by atoms with Gasteiger partial charge in [-0.15, -0.1) is 0 Å². The fraction of sp³-hybridized carbons (Fsp3) is 0.250. The van der Waals surface area contributed by atoms with E-state index in [2.05, 4.69) is 24.4 Å². The van der Waals surface area contributed by atoms with E-state index in [0.717, 1.165) is 6.54 Å². The smallest absolute Gasteiger partial charge is 0.123 e. The summed E-state index contributed by atoms with van der Waals surface area (Å²) in [5, 5.41) is 12.9. The lowest BCUT2D eigenvalue weighted by molar-refractivity contribution is 0.460. The highest BCUT2D eigenvalue weighted by Crippen LogP contribution is 2.18. The molecule has 100 valence electrons. The molecule has 0 aromatic heterocycles. The van der Waals surface area contributed by atoms with Gasteiger partial charge in [0, 0.05) is 18.7 Å². The minimum absolute atomic E-state index is 0.126. The molecule has 0 aliphatic carbocycles. The molecule has 0 saturated heterocycles. The molecule has 2 rings (SSSR count). The van der Waals surface area contributed by atoms with Crippen molar-refractivity contribution in [2.24, 2.45) is 0 Å². The summed E-state index contributed by atoms with van der Waals surface area (Å²) in [5.41, 5.74) is 1.85. The Balaban J connectivity index is 1.88. The number of aromatic hydroxyl groups is 1. The molecule has 0 radical (unpaired) electrons. The monoisotopic (exact) mass is 259 g/mol. The fourth-order valence-corrected chi connectivity index (χ4v) is 2.02. The molecule has 0 amide bonds. The van der Waals surface area contributed by atoms with Crippen molar-refractivity contribution in [2.45, 2.75) is 19.4 Å². The van der Waals surface area contributed by atoms with E-state index in [9.17, 15) is 9.50 Å². The maximum absolute atomic E-state index is 13.1. The van der Waals surface area contributed by atoms with Crippen molar-refractivity contribution in [2.75, 3.05) is 6.54 Å². The quantitative estimate of drug-likeness (QED) is 0.862. The Kier molecular flexibility index (Phi) is 4.53. The molecule has 0 saturated carbocycles. The first-order chi connectivity index (χ1) is 9.16. The van der Waals surface area contributed by atoms with Crippen LogP contribution in [0.15, 0.2) is 48.5 Å². The summed E-state index contributed by atoms with van der Waals surface area (Å²) >= 11 is 0. The molecule has 2 aromatic carbocycles. The van der Waals surface area contributed by atoms with Crippen LogP contribution in [-0.4, -0.2) is 11.7 Å². The largest absolute Gasteiger partial charge is 0.508 e. The zero-order valence-corrected chi connectivity index (χ0v) is 10.9. The van der Waals surface area contributed by atoms with E-state index in [4.69, 9.17) is 0 Å². The molecule has 0 aliphatic rings. The molecule has 3 heteroatoms. The summed E-state index contributed by atoms with van der Waals surface area (Å²) in [7, 11) is 0. The number of benzene rings is 2. The van der Waals surface area contributed by atoms with Gasteiger partial charge in [0.15, 0.2) is 0 Å². The normalized spacial score (nSPS) is 12.3. The van der Waals surface area contributed by atoms with Crippen LogP contribution in [-0.2, 0) is 6.54 Å². The van der Waals surface area contributed by atoms with Gasteiger partial charge in [-0.3, -0.25) is 0 Å². The summed E-state index contributed by atoms with van der Waals surface area (Å²) < 4.78 is 13.1. The molecule has 19 heavy (non-hydrogen) atoms. The zero-order chi connectivity index (χ0) is 13.7. The van der Waals surface area contributed by atoms with Gasteiger partial charge in [-0.25, -0.2) is 4.39 Å². The van der Waals surface area contributed by atoms with E-state index in [1.165, 1.54) is 23.8 Å². The minimum Gasteiger partial charge on any atom is -0.508 e. The number of hydrogen-bond acceptors (Lipinski definition) is 2. The number of phenols is 1. The van der Waals surface area contributed by atoms with Crippen LogP contribution in [0.1, 0.15) is 24.0 Å². The molecular formula is C16H18FNO. The Morgan fingerprint density at radius 1 is 1.16 bits per heavy atom. The molecule has 2 nitrogen and oxygen atoms in total. The van der Waals surface area contributed by atoms with Gasteiger partial charge in [0.1, 0.15) is 11.6 Å². The maximum Gasteiger partial charge on any atom is 0.123 e. The Morgan fingerprint density at radius 2 is 1.89 bits per heavy atom. The van der Waals surface area contributed by atoms with Gasteiger partial charge in [-0.05, 0) is 29.7 Å². The molecule has 1 atom stereocenters. The van der Waals surface area contributed by atoms with Gasteiger partial charge in [0.05, 0.1) is 0 Å². The minimum atomic E-state index is -0.328. The lowest BCUT2D eigenvalue weighted by Gasteiger charge is -2.13. The zero-order valence-electron chi connectivity index (χ0n) is 10.9. The lowest BCUT2D eigenvalue weighted by Crippen LogP contribution is -2.19. The van der Waals surface area contributed by atoms with Crippen molar-refractivity contribution in [3.8, 4) is 5.75 Å². The van der Waals surface area contributed by atoms with Crippen LogP contribution in [0.5, 0.6) is 5.75 Å². The van der Waals surface area contributed by atoms with E-state index < -0.39 is 0 Å². The van der Waals surface area contributed by atoms with E-state index in [1.807, 2.05) is 18.2 Å². The van der Waals surface area contributed by atoms with Gasteiger partial charge >= 0.3 is 0 Å². The summed E-state index contributed by atoms with van der Waals surface area (Å²) in [5.74, 6) is 0.170. The van der Waals surface area contributed by atoms with E-state index in [-0.39, 0.29) is 11.6 Å². The number of hydrogen-bond donors (Lipinski definition) is 2. The van der Waals surface area contributed by atoms with Gasteiger partial charge < -0.3 is 10.4 Å². The van der Waals surface area contributed by atoms with Crippen LogP contribution in [0.4, 0.5) is 4.39 Å². The number of phenolic OH excluding ortho intramolecular Hbond substituents is 1. The van der Waals surface area contributed by atoms with Crippen LogP contribution in [0.3, 0.4) is 0 Å². The molecule has 1 unspecified atom stereocenters. The summed E-state index contributed by atoms with van der Waals surface area (Å²) in [4.78, 5) is 0. The van der Waals surface area contributed by atoms with Crippen molar-refractivity contribution in [3.63, 3.8) is 0 Å². The van der Waals surface area contributed by atoms with E-state index >= 15 is 0 Å². The first-order valence-electron chi connectivity index (χ1n) is 6.40. The molecule has 0 aliphatic heterocycles. The first kappa shape index (κ1) is 13.6. The van der Waals surface area contributed by atoms with E-state index in [1.54, 1.807) is 0 Å². The Hall–Kier alpha value is -1.87. The van der Waals surface area contributed by atoms with Crippen LogP contribution in [0.25, 0.3) is 0 Å². The highest BCUT2D eigenvalue weighted by molar-refractivity contribution is 5.32. The van der Waals surface area contributed by atoms with Crippen LogP contribution in [0.2, 0.25) is 0 Å². The van der Waals surface area contributed by atoms with Crippen LogP contribution in [0, 0.1) is 5.82 Å². The van der Waals surface area contributed by atoms with Crippen molar-refractivity contribution >= 4 is 0 Å². The molecular weight excluding hydrogens is 241 g/mol. The van der Waals surface area contributed by atoms with Gasteiger partial charge in [-0.2, -0.15) is 0 Å². The Morgan fingerprint density at radius 3 is 2.63 bits per heavy atom. The summed E-state index contributed by atoms with van der Waals surface area (Å²) in [6, 6.07) is 14.2. The van der Waals surface area contributed by atoms with Crippen LogP contribution >= 0.6 is 0 Å². The average Bonchev–Trinajstić information content (AvgIpc) is 2.43. The third kappa shape index (κ3) is 3.80. The molecule has 0 heterocycles. The predicted molar refractivity (Wildman–Crippen MR) is 74.6 cm³/mol. The van der Waals surface area contributed by atoms with E-state index in [0.29, 0.717) is 18.0 Å². The van der Waals surface area contributed by atoms with Crippen LogP contribution < -0.4 is 5.32 Å². The summed E-state index contributed by atoms with van der Waals surface area (Å²) in [6.07, 6.45) is 0. The highest BCUT2D eigenvalue weighted by atomic mass is 19.1. The fourth-order valence-electron chi connectivity index (χ4n) is 2.02. The second-order valence-electron chi connectivity index (χ2n) is 4.72. The SMILES string of the molecule is CC(CNCc1cc(F)ccc1O)c1ccccc1. The van der Waals surface area contributed by atoms with Gasteiger partial charge in [0.25, 0.3) is 0 Å². The Labute approximate surface area is 112 Å². The Bertz CT molecular complexity index is 528. The van der Waals surface area contributed by atoms with Crippen molar-refractivity contribution in [3.05, 3.63) is 65.5 Å².